The summed E-state index contributed by atoms with van der Waals surface area (Å²) >= 11 is 0. The maximum absolute atomic E-state index is 12.0. The van der Waals surface area contributed by atoms with Crippen LogP contribution in [0.25, 0.3) is 0 Å². The minimum absolute atomic E-state index is 0.0179. The molecule has 0 aliphatic carbocycles. The highest BCUT2D eigenvalue weighted by Crippen LogP contribution is 2.34. The van der Waals surface area contributed by atoms with Crippen LogP contribution < -0.4 is 5.32 Å². The number of hydrogen-bond donors (Lipinski definition) is 1. The van der Waals surface area contributed by atoms with Crippen LogP contribution in [0.2, 0.25) is 0 Å². The molecule has 24 heavy (non-hydrogen) atoms. The Hall–Kier alpha value is -0.660. The van der Waals surface area contributed by atoms with Crippen LogP contribution in [-0.4, -0.2) is 57.7 Å². The summed E-state index contributed by atoms with van der Waals surface area (Å²) in [7, 11) is -0.0763. The zero-order valence-electron chi connectivity index (χ0n) is 16.5. The molecule has 0 saturated heterocycles. The monoisotopic (exact) mass is 364 g/mol. The van der Waals surface area contributed by atoms with Crippen molar-refractivity contribution in [3.05, 3.63) is 0 Å². The third-order valence-electron chi connectivity index (χ3n) is 4.71. The Morgan fingerprint density at radius 3 is 2.17 bits per heavy atom. The number of carbonyl (C=O) groups is 1. The molecule has 2 unspecified atom stereocenters. The molecule has 0 spiro atoms. The Balaban J connectivity index is 5.38. The molecular weight excluding hydrogens is 328 g/mol. The summed E-state index contributed by atoms with van der Waals surface area (Å²) in [5.41, 5.74) is -0.338. The lowest BCUT2D eigenvalue weighted by Gasteiger charge is -2.39. The van der Waals surface area contributed by atoms with E-state index >= 15 is 0 Å². The van der Waals surface area contributed by atoms with Crippen LogP contribution in [0.15, 0.2) is 0 Å². The molecule has 1 N–H and O–H groups in total. The first-order chi connectivity index (χ1) is 10.9. The quantitative estimate of drug-likeness (QED) is 0.610. The van der Waals surface area contributed by atoms with E-state index in [0.29, 0.717) is 6.42 Å². The number of amides is 1. The molecule has 3 atom stereocenters. The summed E-state index contributed by atoms with van der Waals surface area (Å²) in [6, 6.07) is 0. The van der Waals surface area contributed by atoms with Crippen molar-refractivity contribution in [2.24, 2.45) is 11.3 Å². The third kappa shape index (κ3) is 7.49. The molecule has 144 valence electrons. The number of nitrogens with one attached hydrogen (secondary N) is 1. The van der Waals surface area contributed by atoms with E-state index in [1.165, 1.54) is 10.6 Å². The van der Waals surface area contributed by atoms with Gasteiger partial charge in [0.1, 0.15) is 0 Å². The van der Waals surface area contributed by atoms with E-state index in [1.807, 2.05) is 34.6 Å². The predicted octanol–water partition coefficient (Wildman–Crippen LogP) is 2.25. The van der Waals surface area contributed by atoms with E-state index in [9.17, 15) is 13.2 Å². The first-order valence-electron chi connectivity index (χ1n) is 8.67. The van der Waals surface area contributed by atoms with Gasteiger partial charge in [0.05, 0.1) is 18.5 Å². The van der Waals surface area contributed by atoms with Crippen molar-refractivity contribution in [2.75, 3.05) is 26.9 Å². The van der Waals surface area contributed by atoms with Gasteiger partial charge in [0.25, 0.3) is 0 Å². The first-order valence-corrected chi connectivity index (χ1v) is 10.5. The Kier molecular flexibility index (Phi) is 9.46. The number of nitrogens with zero attached hydrogens (tertiary/aromatic N) is 1. The fourth-order valence-corrected chi connectivity index (χ4v) is 3.02. The summed E-state index contributed by atoms with van der Waals surface area (Å²) in [6.45, 7) is 10.4. The summed E-state index contributed by atoms with van der Waals surface area (Å²) in [4.78, 5) is 12.0. The van der Waals surface area contributed by atoms with Gasteiger partial charge >= 0.3 is 0 Å². The van der Waals surface area contributed by atoms with Gasteiger partial charge in [-0.15, -0.1) is 0 Å². The van der Waals surface area contributed by atoms with Gasteiger partial charge < -0.3 is 10.1 Å². The zero-order valence-corrected chi connectivity index (χ0v) is 17.4. The molecular formula is C17H36N2O4S. The molecule has 0 aliphatic rings. The minimum Gasteiger partial charge on any atom is -0.373 e. The molecule has 6 nitrogen and oxygen atoms in total. The first kappa shape index (κ1) is 23.3. The highest BCUT2D eigenvalue weighted by molar-refractivity contribution is 7.88. The molecule has 0 aromatic rings. The molecule has 1 amide bonds. The normalized spacial score (nSPS) is 16.7. The summed E-state index contributed by atoms with van der Waals surface area (Å²) < 4.78 is 31.0. The highest BCUT2D eigenvalue weighted by Gasteiger charge is 2.37. The standard InChI is InChI=1S/C17H36N2O4S/c1-9-13(3)23-15(12-19(7)24(8,21)22)17(4,5)11-14(10-2)16(20)18-6/h13-15H,9-12H2,1-8H3,(H,18,20)/t13?,14-,15?/m0/s1. The molecule has 7 heteroatoms. The average molecular weight is 365 g/mol. The second-order valence-corrected chi connectivity index (χ2v) is 9.39. The molecule has 0 aliphatic heterocycles. The van der Waals surface area contributed by atoms with E-state index in [-0.39, 0.29) is 36.0 Å². The molecule has 0 rings (SSSR count). The van der Waals surface area contributed by atoms with Crippen molar-refractivity contribution in [1.82, 2.24) is 9.62 Å². The van der Waals surface area contributed by atoms with Crippen molar-refractivity contribution in [3.63, 3.8) is 0 Å². The van der Waals surface area contributed by atoms with Crippen molar-refractivity contribution in [1.29, 1.82) is 0 Å². The van der Waals surface area contributed by atoms with E-state index in [0.717, 1.165) is 12.8 Å². The van der Waals surface area contributed by atoms with E-state index in [4.69, 9.17) is 4.74 Å². The van der Waals surface area contributed by atoms with E-state index in [1.54, 1.807) is 14.1 Å². The molecule has 0 aromatic carbocycles. The van der Waals surface area contributed by atoms with Crippen LogP contribution in [0.4, 0.5) is 0 Å². The van der Waals surface area contributed by atoms with Gasteiger partial charge in [-0.3, -0.25) is 4.79 Å². The third-order valence-corrected chi connectivity index (χ3v) is 6.00. The van der Waals surface area contributed by atoms with Crippen LogP contribution in [0.5, 0.6) is 0 Å². The smallest absolute Gasteiger partial charge is 0.222 e. The Bertz CT molecular complexity index is 491. The van der Waals surface area contributed by atoms with Gasteiger partial charge in [-0.2, -0.15) is 0 Å². The second-order valence-electron chi connectivity index (χ2n) is 7.30. The Morgan fingerprint density at radius 1 is 1.25 bits per heavy atom. The van der Waals surface area contributed by atoms with Crippen LogP contribution >= 0.6 is 0 Å². The van der Waals surface area contributed by atoms with Gasteiger partial charge in [-0.05, 0) is 31.6 Å². The van der Waals surface area contributed by atoms with Crippen LogP contribution in [0.3, 0.4) is 0 Å². The summed E-state index contributed by atoms with van der Waals surface area (Å²) in [6.07, 6.45) is 3.16. The lowest BCUT2D eigenvalue weighted by atomic mass is 9.76. The second kappa shape index (κ2) is 9.73. The van der Waals surface area contributed by atoms with Crippen LogP contribution in [-0.2, 0) is 19.6 Å². The topological polar surface area (TPSA) is 75.7 Å². The zero-order chi connectivity index (χ0) is 19.1. The van der Waals surface area contributed by atoms with Crippen LogP contribution in [0.1, 0.15) is 53.9 Å². The van der Waals surface area contributed by atoms with Crippen molar-refractivity contribution < 1.29 is 17.9 Å². The van der Waals surface area contributed by atoms with E-state index in [2.05, 4.69) is 5.32 Å². The predicted molar refractivity (Wildman–Crippen MR) is 98.3 cm³/mol. The number of carbonyl (C=O) groups excluding carboxylic acids is 1. The molecule has 0 aromatic heterocycles. The summed E-state index contributed by atoms with van der Waals surface area (Å²) in [5.74, 6) is -0.0964. The minimum atomic E-state index is -3.28. The van der Waals surface area contributed by atoms with Gasteiger partial charge in [-0.25, -0.2) is 12.7 Å². The lowest BCUT2D eigenvalue weighted by Crippen LogP contribution is -2.46. The largest absolute Gasteiger partial charge is 0.373 e. The SMILES string of the molecule is CCC(C)OC(CN(C)S(C)(=O)=O)C(C)(C)C[C@H](CC)C(=O)NC. The highest BCUT2D eigenvalue weighted by atomic mass is 32.2. The van der Waals surface area contributed by atoms with Gasteiger partial charge in [0.2, 0.25) is 15.9 Å². The maximum Gasteiger partial charge on any atom is 0.222 e. The summed E-state index contributed by atoms with van der Waals surface area (Å²) in [5, 5.41) is 2.71. The molecule has 0 radical (unpaired) electrons. The number of hydrogen-bond acceptors (Lipinski definition) is 4. The van der Waals surface area contributed by atoms with Crippen molar-refractivity contribution in [2.45, 2.75) is 66.1 Å². The van der Waals surface area contributed by atoms with Crippen LogP contribution in [0, 0.1) is 11.3 Å². The fraction of sp³-hybridized carbons (Fsp3) is 0.941. The Labute approximate surface area is 148 Å². The van der Waals surface area contributed by atoms with Gasteiger partial charge in [0, 0.05) is 26.6 Å². The lowest BCUT2D eigenvalue weighted by molar-refractivity contribution is -0.127. The fourth-order valence-electron chi connectivity index (χ4n) is 2.61. The number of rotatable bonds is 11. The number of ether oxygens (including phenoxy) is 1. The molecule has 0 fully saturated rings. The average Bonchev–Trinajstić information content (AvgIpc) is 2.49. The maximum atomic E-state index is 12.0. The van der Waals surface area contributed by atoms with Crippen molar-refractivity contribution in [3.8, 4) is 0 Å². The molecule has 0 bridgehead atoms. The van der Waals surface area contributed by atoms with Crippen molar-refractivity contribution >= 4 is 15.9 Å². The van der Waals surface area contributed by atoms with Gasteiger partial charge in [0.15, 0.2) is 0 Å². The van der Waals surface area contributed by atoms with Gasteiger partial charge in [-0.1, -0.05) is 27.7 Å². The van der Waals surface area contributed by atoms with E-state index < -0.39 is 10.0 Å². The number of likely N-dealkylation sites (N-methyl/N-ethyl adjacent to an activating group) is 1. The molecule has 0 heterocycles. The Morgan fingerprint density at radius 2 is 1.79 bits per heavy atom. The molecule has 0 saturated carbocycles. The number of sulfonamides is 1.